The quantitative estimate of drug-likeness (QED) is 0.159. The Labute approximate surface area is 440 Å². The van der Waals surface area contributed by atoms with Gasteiger partial charge < -0.3 is 13.9 Å². The molecule has 2 aliphatic rings. The van der Waals surface area contributed by atoms with Crippen molar-refractivity contribution in [3.63, 3.8) is 0 Å². The molecule has 0 amide bonds. The van der Waals surface area contributed by atoms with Crippen LogP contribution in [-0.4, -0.2) is 4.57 Å². The van der Waals surface area contributed by atoms with Crippen LogP contribution in [0.2, 0.25) is 0 Å². The van der Waals surface area contributed by atoms with Crippen molar-refractivity contribution in [1.29, 1.82) is 0 Å². The van der Waals surface area contributed by atoms with Crippen molar-refractivity contribution in [1.82, 2.24) is 4.57 Å². The van der Waals surface area contributed by atoms with Crippen LogP contribution in [0.3, 0.4) is 0 Å². The van der Waals surface area contributed by atoms with Gasteiger partial charge >= 0.3 is 0 Å². The number of aromatic nitrogens is 1. The highest BCUT2D eigenvalue weighted by Gasteiger charge is 2.51. The van der Waals surface area contributed by atoms with E-state index in [4.69, 9.17) is 4.42 Å². The third-order valence-electron chi connectivity index (χ3n) is 16.4. The maximum atomic E-state index is 6.78. The van der Waals surface area contributed by atoms with Gasteiger partial charge in [-0.3, -0.25) is 0 Å². The summed E-state index contributed by atoms with van der Waals surface area (Å²) in [6, 6.07) is 102. The van der Waals surface area contributed by atoms with Gasteiger partial charge in [0.1, 0.15) is 11.2 Å². The Bertz CT molecular complexity index is 4590. The molecule has 354 valence electrons. The third-order valence-corrected chi connectivity index (χ3v) is 16.4. The van der Waals surface area contributed by atoms with Crippen LogP contribution >= 0.6 is 0 Å². The molecule has 0 fully saturated rings. The lowest BCUT2D eigenvalue weighted by Gasteiger charge is -2.30. The SMILES string of the molecule is c1ccc(-c2ccc(N(c3cccc(-c4ccc5c(c4)-c4ccccc4C54c5ccccc5-c5ccccc54)c3)c3cccc4oc5ccc(-c6ccc7c(c6)c6ccccc6n7-c6ccccc6)cc5c34)cc2)cc1. The molecule has 3 nitrogen and oxygen atoms in total. The summed E-state index contributed by atoms with van der Waals surface area (Å²) in [5.41, 5.74) is 25.5. The van der Waals surface area contributed by atoms with Crippen molar-refractivity contribution < 1.29 is 4.42 Å². The van der Waals surface area contributed by atoms with Gasteiger partial charge in [0.15, 0.2) is 0 Å². The van der Waals surface area contributed by atoms with Crippen molar-refractivity contribution in [2.24, 2.45) is 0 Å². The lowest BCUT2D eigenvalue weighted by atomic mass is 9.70. The van der Waals surface area contributed by atoms with Crippen LogP contribution in [0, 0.1) is 0 Å². The molecule has 0 unspecified atom stereocenters. The van der Waals surface area contributed by atoms with Gasteiger partial charge in [0.25, 0.3) is 0 Å². The fourth-order valence-electron chi connectivity index (χ4n) is 13.1. The van der Waals surface area contributed by atoms with E-state index in [-0.39, 0.29) is 5.41 Å². The molecule has 2 heterocycles. The number of fused-ring (bicyclic) bond motifs is 16. The molecule has 0 bridgehead atoms. The van der Waals surface area contributed by atoms with Gasteiger partial charge in [0.2, 0.25) is 0 Å². The molecular formula is C73H46N2O. The first-order valence-electron chi connectivity index (χ1n) is 26.2. The summed E-state index contributed by atoms with van der Waals surface area (Å²) in [5, 5.41) is 4.59. The molecule has 0 atom stereocenters. The smallest absolute Gasteiger partial charge is 0.137 e. The average molecular weight is 967 g/mol. The summed E-state index contributed by atoms with van der Waals surface area (Å²) < 4.78 is 9.15. The monoisotopic (exact) mass is 966 g/mol. The zero-order chi connectivity index (χ0) is 49.9. The summed E-state index contributed by atoms with van der Waals surface area (Å²) in [6.45, 7) is 0. The van der Waals surface area contributed by atoms with E-state index in [1.807, 2.05) is 0 Å². The molecule has 2 aliphatic carbocycles. The predicted octanol–water partition coefficient (Wildman–Crippen LogP) is 19.5. The molecule has 12 aromatic carbocycles. The van der Waals surface area contributed by atoms with Gasteiger partial charge in [-0.05, 0) is 163 Å². The molecule has 14 aromatic rings. The Morgan fingerprint density at radius 3 is 1.58 bits per heavy atom. The summed E-state index contributed by atoms with van der Waals surface area (Å²) in [4.78, 5) is 2.41. The molecule has 0 aliphatic heterocycles. The van der Waals surface area contributed by atoms with Gasteiger partial charge in [0.05, 0.1) is 27.5 Å². The Morgan fingerprint density at radius 1 is 0.303 bits per heavy atom. The lowest BCUT2D eigenvalue weighted by molar-refractivity contribution is 0.669. The fourth-order valence-corrected chi connectivity index (χ4v) is 13.1. The van der Waals surface area contributed by atoms with Gasteiger partial charge in [-0.25, -0.2) is 0 Å². The number of nitrogens with zero attached hydrogens (tertiary/aromatic N) is 2. The number of hydrogen-bond donors (Lipinski definition) is 0. The van der Waals surface area contributed by atoms with Crippen LogP contribution in [0.4, 0.5) is 17.1 Å². The summed E-state index contributed by atoms with van der Waals surface area (Å²) >= 11 is 0. The standard InChI is InChI=1S/C73H46N2O/c1-3-17-47(18-4-1)48-33-38-54(39-34-48)74(55-22-15-19-49(43-55)50-35-40-66-60(44-50)58-25-9-13-29-65(58)73(66)63-27-11-7-23-56(63)57-24-8-12-28-64(57)73)69-31-16-32-71-72(69)62-46-52(37-42-70(62)76-71)51-36-41-68-61(45-51)59-26-10-14-30-67(59)75(68)53-20-5-2-6-21-53/h1-46H. The van der Waals surface area contributed by atoms with Crippen molar-refractivity contribution in [2.45, 2.75) is 5.41 Å². The molecule has 2 aromatic heterocycles. The second-order valence-electron chi connectivity index (χ2n) is 20.3. The minimum Gasteiger partial charge on any atom is -0.456 e. The van der Waals surface area contributed by atoms with Gasteiger partial charge in [-0.2, -0.15) is 0 Å². The first-order chi connectivity index (χ1) is 37.7. The molecule has 1 spiro atoms. The minimum absolute atomic E-state index is 0.385. The molecule has 76 heavy (non-hydrogen) atoms. The summed E-state index contributed by atoms with van der Waals surface area (Å²) in [6.07, 6.45) is 0. The van der Waals surface area contributed by atoms with Crippen LogP contribution in [0.25, 0.3) is 105 Å². The Balaban J connectivity index is 0.854. The predicted molar refractivity (Wildman–Crippen MR) is 315 cm³/mol. The van der Waals surface area contributed by atoms with E-state index in [0.29, 0.717) is 0 Å². The van der Waals surface area contributed by atoms with Crippen LogP contribution in [-0.2, 0) is 5.41 Å². The highest BCUT2D eigenvalue weighted by atomic mass is 16.3. The second kappa shape index (κ2) is 16.5. The lowest BCUT2D eigenvalue weighted by Crippen LogP contribution is -2.25. The van der Waals surface area contributed by atoms with Crippen LogP contribution in [0.1, 0.15) is 22.3 Å². The van der Waals surface area contributed by atoms with E-state index >= 15 is 0 Å². The number of rotatable bonds is 7. The minimum atomic E-state index is -0.385. The molecule has 0 radical (unpaired) electrons. The fraction of sp³-hybridized carbons (Fsp3) is 0.0137. The topological polar surface area (TPSA) is 21.3 Å². The van der Waals surface area contributed by atoms with Crippen LogP contribution in [0.15, 0.2) is 283 Å². The largest absolute Gasteiger partial charge is 0.456 e. The molecule has 0 saturated carbocycles. The number of furan rings is 1. The normalized spacial score (nSPS) is 12.8. The first-order valence-corrected chi connectivity index (χ1v) is 26.2. The maximum absolute atomic E-state index is 6.78. The second-order valence-corrected chi connectivity index (χ2v) is 20.3. The molecular weight excluding hydrogens is 921 g/mol. The van der Waals surface area contributed by atoms with Crippen molar-refractivity contribution >= 4 is 60.8 Å². The van der Waals surface area contributed by atoms with Gasteiger partial charge in [0, 0.05) is 33.2 Å². The molecule has 0 saturated heterocycles. The molecule has 0 N–H and O–H groups in total. The highest BCUT2D eigenvalue weighted by Crippen LogP contribution is 2.63. The van der Waals surface area contributed by atoms with E-state index in [1.54, 1.807) is 0 Å². The maximum Gasteiger partial charge on any atom is 0.137 e. The van der Waals surface area contributed by atoms with Crippen molar-refractivity contribution in [3.05, 3.63) is 301 Å². The van der Waals surface area contributed by atoms with E-state index in [2.05, 4.69) is 289 Å². The third kappa shape index (κ3) is 6.17. The zero-order valence-corrected chi connectivity index (χ0v) is 41.4. The Kier molecular flexibility index (Phi) is 9.25. The zero-order valence-electron chi connectivity index (χ0n) is 41.4. The summed E-state index contributed by atoms with van der Waals surface area (Å²) in [5.74, 6) is 0. The Morgan fingerprint density at radius 2 is 0.829 bits per heavy atom. The number of benzene rings is 12. The first kappa shape index (κ1) is 42.5. The Hall–Kier alpha value is -9.96. The number of para-hydroxylation sites is 2. The van der Waals surface area contributed by atoms with Gasteiger partial charge in [-0.15, -0.1) is 0 Å². The van der Waals surface area contributed by atoms with E-state index in [0.717, 1.165) is 61.4 Å². The summed E-state index contributed by atoms with van der Waals surface area (Å²) in [7, 11) is 0. The average Bonchev–Trinajstić information content (AvgIpc) is 4.37. The molecule has 16 rings (SSSR count). The van der Waals surface area contributed by atoms with Crippen molar-refractivity contribution in [2.75, 3.05) is 4.90 Å². The van der Waals surface area contributed by atoms with E-state index < -0.39 is 0 Å². The van der Waals surface area contributed by atoms with Crippen LogP contribution in [0.5, 0.6) is 0 Å². The molecule has 3 heteroatoms. The van der Waals surface area contributed by atoms with Crippen molar-refractivity contribution in [3.8, 4) is 61.3 Å². The van der Waals surface area contributed by atoms with Crippen LogP contribution < -0.4 is 4.90 Å². The van der Waals surface area contributed by atoms with E-state index in [1.165, 1.54) is 83.0 Å². The number of hydrogen-bond acceptors (Lipinski definition) is 2. The highest BCUT2D eigenvalue weighted by molar-refractivity contribution is 6.15. The van der Waals surface area contributed by atoms with E-state index in [9.17, 15) is 0 Å². The number of anilines is 3. The van der Waals surface area contributed by atoms with Gasteiger partial charge in [-0.1, -0.05) is 194 Å².